The van der Waals surface area contributed by atoms with E-state index in [9.17, 15) is 0 Å². The summed E-state index contributed by atoms with van der Waals surface area (Å²) < 4.78 is 0. The molecule has 0 N–H and O–H groups in total. The van der Waals surface area contributed by atoms with Crippen LogP contribution in [0.4, 0.5) is 0 Å². The average molecular weight is 1220 g/mol. The molecule has 2 aliphatic carbocycles. The van der Waals surface area contributed by atoms with Crippen molar-refractivity contribution in [1.29, 1.82) is 0 Å². The van der Waals surface area contributed by atoms with Crippen LogP contribution in [0, 0.1) is 0 Å². The quantitative estimate of drug-likeness (QED) is 0.133. The van der Waals surface area contributed by atoms with Gasteiger partial charge in [0, 0.05) is 10.8 Å². The molecule has 0 unspecified atom stereocenters. The molecule has 450 valence electrons. The first-order valence-corrected chi connectivity index (χ1v) is 33.9. The molecular weight excluding hydrogens is 1150 g/mol. The molecule has 0 atom stereocenters. The average Bonchev–Trinajstić information content (AvgIpc) is 1.18. The Balaban J connectivity index is 0.675. The zero-order chi connectivity index (χ0) is 64.0. The fourth-order valence-corrected chi connectivity index (χ4v) is 17.2. The van der Waals surface area contributed by atoms with Crippen molar-refractivity contribution in [1.82, 2.24) is 0 Å². The molecule has 0 fully saturated rings. The zero-order valence-corrected chi connectivity index (χ0v) is 54.2. The molecule has 0 bridgehead atoms. The minimum absolute atomic E-state index is 0.235. The van der Waals surface area contributed by atoms with Gasteiger partial charge in [0.25, 0.3) is 0 Å². The Morgan fingerprint density at radius 1 is 0.146 bits per heavy atom. The third-order valence-corrected chi connectivity index (χ3v) is 21.9. The molecule has 0 saturated heterocycles. The van der Waals surface area contributed by atoms with Gasteiger partial charge in [-0.15, -0.1) is 0 Å². The zero-order valence-electron chi connectivity index (χ0n) is 54.2. The van der Waals surface area contributed by atoms with Crippen LogP contribution in [0.25, 0.3) is 176 Å². The Morgan fingerprint density at radius 2 is 0.323 bits per heavy atom. The Hall–Kier alpha value is -11.7. The molecule has 0 aliphatic heterocycles. The second kappa shape index (κ2) is 21.4. The van der Waals surface area contributed by atoms with Gasteiger partial charge in [0.1, 0.15) is 0 Å². The van der Waals surface area contributed by atoms with Crippen LogP contribution in [0.15, 0.2) is 328 Å². The molecule has 0 amide bonds. The van der Waals surface area contributed by atoms with Gasteiger partial charge in [0.15, 0.2) is 0 Å². The number of hydrogen-bond acceptors (Lipinski definition) is 0. The number of rotatable bonds is 8. The summed E-state index contributed by atoms with van der Waals surface area (Å²) >= 11 is 0. The second-order valence-corrected chi connectivity index (χ2v) is 27.7. The smallest absolute Gasteiger partial charge is 0.0159 e. The second-order valence-electron chi connectivity index (χ2n) is 27.7. The summed E-state index contributed by atoms with van der Waals surface area (Å²) in [4.78, 5) is 0. The Labute approximate surface area is 560 Å². The maximum atomic E-state index is 2.53. The van der Waals surface area contributed by atoms with Crippen molar-refractivity contribution >= 4 is 64.6 Å². The topological polar surface area (TPSA) is 0 Å². The van der Waals surface area contributed by atoms with E-state index in [1.807, 2.05) is 0 Å². The molecule has 17 aromatic rings. The van der Waals surface area contributed by atoms with Crippen LogP contribution in [-0.2, 0) is 10.8 Å². The number of hydrogen-bond donors (Lipinski definition) is 0. The molecular formula is C96H66. The Kier molecular flexibility index (Phi) is 12.5. The van der Waals surface area contributed by atoms with Crippen molar-refractivity contribution < 1.29 is 0 Å². The molecule has 0 heteroatoms. The van der Waals surface area contributed by atoms with Crippen molar-refractivity contribution in [3.8, 4) is 111 Å². The summed E-state index contributed by atoms with van der Waals surface area (Å²) in [6.07, 6.45) is 0. The first kappa shape index (κ1) is 55.9. The van der Waals surface area contributed by atoms with Crippen molar-refractivity contribution in [2.75, 3.05) is 0 Å². The molecule has 0 radical (unpaired) electrons. The summed E-state index contributed by atoms with van der Waals surface area (Å²) in [5.74, 6) is 0. The molecule has 0 nitrogen and oxygen atoms in total. The van der Waals surface area contributed by atoms with Crippen LogP contribution in [0.1, 0.15) is 49.9 Å². The van der Waals surface area contributed by atoms with Gasteiger partial charge in [-0.1, -0.05) is 331 Å². The third-order valence-electron chi connectivity index (χ3n) is 21.9. The maximum Gasteiger partial charge on any atom is 0.0159 e. The molecule has 19 rings (SSSR count). The van der Waals surface area contributed by atoms with Crippen LogP contribution in [0.5, 0.6) is 0 Å². The van der Waals surface area contributed by atoms with Gasteiger partial charge in [0.2, 0.25) is 0 Å². The lowest BCUT2D eigenvalue weighted by atomic mass is 9.78. The lowest BCUT2D eigenvalue weighted by Gasteiger charge is -2.24. The van der Waals surface area contributed by atoms with E-state index in [1.165, 1.54) is 198 Å². The monoisotopic (exact) mass is 1220 g/mol. The highest BCUT2D eigenvalue weighted by atomic mass is 14.4. The van der Waals surface area contributed by atoms with E-state index < -0.39 is 0 Å². The predicted octanol–water partition coefficient (Wildman–Crippen LogP) is 26.6. The van der Waals surface area contributed by atoms with Crippen LogP contribution in [0.2, 0.25) is 0 Å². The molecule has 0 spiro atoms. The van der Waals surface area contributed by atoms with Crippen molar-refractivity contribution in [2.24, 2.45) is 0 Å². The van der Waals surface area contributed by atoms with Crippen molar-refractivity contribution in [3.63, 3.8) is 0 Å². The van der Waals surface area contributed by atoms with Gasteiger partial charge < -0.3 is 0 Å². The van der Waals surface area contributed by atoms with Gasteiger partial charge in [0.05, 0.1) is 0 Å². The van der Waals surface area contributed by atoms with E-state index in [0.717, 1.165) is 0 Å². The van der Waals surface area contributed by atoms with E-state index in [0.29, 0.717) is 0 Å². The predicted molar refractivity (Wildman–Crippen MR) is 410 cm³/mol. The van der Waals surface area contributed by atoms with Crippen LogP contribution < -0.4 is 0 Å². The van der Waals surface area contributed by atoms with E-state index in [1.54, 1.807) is 0 Å². The SMILES string of the molecule is CC1(C)c2cc(-c3ccc4c(c3)C(C)(C)c3cc(-c5c6ccccc6c(-c6c7ccccc7c(-c7ccc(-c8ccccc8)cc7)c7ccccc67)c6ccccc56)ccc3-4)ccc2-c2ccc(-c3c4ccccc4c(-c4ccc(-c5ccccc5)cc4)c4ccccc34)cc21. The highest BCUT2D eigenvalue weighted by Gasteiger charge is 2.39. The van der Waals surface area contributed by atoms with E-state index >= 15 is 0 Å². The lowest BCUT2D eigenvalue weighted by molar-refractivity contribution is 0.660. The highest BCUT2D eigenvalue weighted by molar-refractivity contribution is 6.30. The normalized spacial score (nSPS) is 13.4. The third kappa shape index (κ3) is 8.41. The maximum absolute atomic E-state index is 2.53. The molecule has 0 heterocycles. The first-order chi connectivity index (χ1) is 47.2. The van der Waals surface area contributed by atoms with E-state index in [-0.39, 0.29) is 10.8 Å². The van der Waals surface area contributed by atoms with Crippen LogP contribution in [-0.4, -0.2) is 0 Å². The fraction of sp³-hybridized carbons (Fsp3) is 0.0625. The Morgan fingerprint density at radius 3 is 0.583 bits per heavy atom. The largest absolute Gasteiger partial charge is 0.0622 e. The Bertz CT molecular complexity index is 5910. The standard InChI is InChI=1S/C96H66/c1-95(2)85-55-65(47-51-69(85)71-53-49-67(57-87(71)95)91-75-29-13-11-27-73(75)89(74-28-12-14-30-76(74)91)63-43-39-61(40-44-63)59-23-7-5-8-24-59)66-48-52-70-72-54-50-68(58-88(72)96(3,4)86(70)56-66)92-79-33-17-21-37-83(79)94(84-38-22-18-34-80(84)92)93-81-35-19-15-31-77(81)90(78-32-16-20-36-82(78)93)64-45-41-62(42-46-64)60-25-9-6-10-26-60/h5-58H,1-4H3. The molecule has 17 aromatic carbocycles. The summed E-state index contributed by atoms with van der Waals surface area (Å²) in [5, 5.41) is 15.1. The summed E-state index contributed by atoms with van der Waals surface area (Å²) in [6.45, 7) is 9.73. The van der Waals surface area contributed by atoms with E-state index in [4.69, 9.17) is 0 Å². The minimum Gasteiger partial charge on any atom is -0.0622 e. The van der Waals surface area contributed by atoms with Crippen LogP contribution in [0.3, 0.4) is 0 Å². The minimum atomic E-state index is -0.258. The summed E-state index contributed by atoms with van der Waals surface area (Å²) in [5.41, 5.74) is 30.3. The molecule has 2 aliphatic rings. The number of fused-ring (bicyclic) bond motifs is 12. The van der Waals surface area contributed by atoms with Gasteiger partial charge >= 0.3 is 0 Å². The van der Waals surface area contributed by atoms with Gasteiger partial charge in [-0.2, -0.15) is 0 Å². The van der Waals surface area contributed by atoms with Gasteiger partial charge in [-0.25, -0.2) is 0 Å². The van der Waals surface area contributed by atoms with Crippen LogP contribution >= 0.6 is 0 Å². The summed E-state index contributed by atoms with van der Waals surface area (Å²) in [6, 6.07) is 123. The number of benzene rings is 17. The van der Waals surface area contributed by atoms with Gasteiger partial charge in [-0.05, 0) is 222 Å². The molecule has 0 aromatic heterocycles. The fourth-order valence-electron chi connectivity index (χ4n) is 17.2. The van der Waals surface area contributed by atoms with Crippen molar-refractivity contribution in [3.05, 3.63) is 350 Å². The highest BCUT2D eigenvalue weighted by Crippen LogP contribution is 2.56. The van der Waals surface area contributed by atoms with E-state index in [2.05, 4.69) is 355 Å². The van der Waals surface area contributed by atoms with Crippen molar-refractivity contribution in [2.45, 2.75) is 38.5 Å². The molecule has 96 heavy (non-hydrogen) atoms. The lowest BCUT2D eigenvalue weighted by Crippen LogP contribution is -2.15. The summed E-state index contributed by atoms with van der Waals surface area (Å²) in [7, 11) is 0. The first-order valence-electron chi connectivity index (χ1n) is 33.9. The molecule has 0 saturated carbocycles. The van der Waals surface area contributed by atoms with Gasteiger partial charge in [-0.3, -0.25) is 0 Å².